The summed E-state index contributed by atoms with van der Waals surface area (Å²) in [5.41, 5.74) is 0.209. The summed E-state index contributed by atoms with van der Waals surface area (Å²) in [6, 6.07) is 4.41. The highest BCUT2D eigenvalue weighted by molar-refractivity contribution is 5.90. The minimum Gasteiger partial charge on any atom is -0.484 e. The maximum absolute atomic E-state index is 11.9. The molecule has 2 amide bonds. The third-order valence-electron chi connectivity index (χ3n) is 2.88. The van der Waals surface area contributed by atoms with E-state index < -0.39 is 5.97 Å². The number of carbonyl (C=O) groups excluding carboxylic acids is 3. The Morgan fingerprint density at radius 3 is 1.72 bits per heavy atom. The number of rotatable bonds is 10. The van der Waals surface area contributed by atoms with Crippen LogP contribution in [0, 0.1) is 0 Å². The van der Waals surface area contributed by atoms with E-state index in [1.54, 1.807) is 20.8 Å². The molecule has 0 saturated carbocycles. The van der Waals surface area contributed by atoms with Gasteiger partial charge in [0.15, 0.2) is 13.2 Å². The minimum absolute atomic E-state index is 0.199. The zero-order valence-electron chi connectivity index (χ0n) is 14.7. The van der Waals surface area contributed by atoms with E-state index in [2.05, 4.69) is 10.6 Å². The Morgan fingerprint density at radius 2 is 1.32 bits per heavy atom. The largest absolute Gasteiger partial charge is 0.484 e. The van der Waals surface area contributed by atoms with Gasteiger partial charge in [-0.1, -0.05) is 0 Å². The molecule has 0 aromatic heterocycles. The standard InChI is InChI=1S/C17H24N2O6/c1-4-18-15(20)10-24-13-7-12(17(22)23-6-3)8-14(9-13)25-11-16(21)19-5-2/h7-9H,4-6,10-11H2,1-3H3,(H,18,20)(H,19,21). The molecule has 0 heterocycles. The van der Waals surface area contributed by atoms with E-state index in [4.69, 9.17) is 14.2 Å². The van der Waals surface area contributed by atoms with Gasteiger partial charge in [-0.3, -0.25) is 9.59 Å². The Kier molecular flexibility index (Phi) is 8.84. The summed E-state index contributed by atoms with van der Waals surface area (Å²) in [6.45, 7) is 6.10. The molecule has 0 bridgehead atoms. The topological polar surface area (TPSA) is 103 Å². The Bertz CT molecular complexity index is 563. The van der Waals surface area contributed by atoms with Gasteiger partial charge in [0.05, 0.1) is 12.2 Å². The second-order valence-corrected chi connectivity index (χ2v) is 4.90. The first kappa shape index (κ1) is 20.3. The van der Waals surface area contributed by atoms with Gasteiger partial charge in [-0.05, 0) is 32.9 Å². The van der Waals surface area contributed by atoms with Gasteiger partial charge in [-0.15, -0.1) is 0 Å². The molecule has 0 saturated heterocycles. The fourth-order valence-corrected chi connectivity index (χ4v) is 1.86. The molecule has 138 valence electrons. The number of esters is 1. The van der Waals surface area contributed by atoms with Crippen LogP contribution < -0.4 is 20.1 Å². The minimum atomic E-state index is -0.547. The van der Waals surface area contributed by atoms with Gasteiger partial charge in [-0.25, -0.2) is 4.79 Å². The van der Waals surface area contributed by atoms with Gasteiger partial charge in [0.1, 0.15) is 11.5 Å². The smallest absolute Gasteiger partial charge is 0.338 e. The van der Waals surface area contributed by atoms with Crippen LogP contribution >= 0.6 is 0 Å². The lowest BCUT2D eigenvalue weighted by atomic mass is 10.2. The Hall–Kier alpha value is -2.77. The Labute approximate surface area is 146 Å². The molecule has 0 fully saturated rings. The molecule has 0 radical (unpaired) electrons. The second-order valence-electron chi connectivity index (χ2n) is 4.90. The van der Waals surface area contributed by atoms with E-state index >= 15 is 0 Å². The SMILES string of the molecule is CCNC(=O)COc1cc(OCC(=O)NCC)cc(C(=O)OCC)c1. The summed E-state index contributed by atoms with van der Waals surface area (Å²) in [7, 11) is 0. The monoisotopic (exact) mass is 352 g/mol. The molecule has 8 nitrogen and oxygen atoms in total. The molecule has 0 aliphatic carbocycles. The summed E-state index contributed by atoms with van der Waals surface area (Å²) in [5, 5.41) is 5.20. The lowest BCUT2D eigenvalue weighted by Crippen LogP contribution is -2.29. The number of hydrogen-bond acceptors (Lipinski definition) is 6. The van der Waals surface area contributed by atoms with Crippen molar-refractivity contribution < 1.29 is 28.6 Å². The second kappa shape index (κ2) is 10.9. The fourth-order valence-electron chi connectivity index (χ4n) is 1.86. The van der Waals surface area contributed by atoms with Crippen molar-refractivity contribution in [1.29, 1.82) is 0 Å². The molecule has 0 spiro atoms. The number of benzene rings is 1. The summed E-state index contributed by atoms with van der Waals surface area (Å²) >= 11 is 0. The Balaban J connectivity index is 2.88. The van der Waals surface area contributed by atoms with Gasteiger partial charge in [-0.2, -0.15) is 0 Å². The molecule has 1 aromatic rings. The molecule has 8 heteroatoms. The highest BCUT2D eigenvalue weighted by Crippen LogP contribution is 2.23. The molecule has 0 aliphatic heterocycles. The molecular weight excluding hydrogens is 328 g/mol. The molecule has 25 heavy (non-hydrogen) atoms. The van der Waals surface area contributed by atoms with Crippen molar-refractivity contribution in [3.8, 4) is 11.5 Å². The van der Waals surface area contributed by atoms with Crippen molar-refractivity contribution >= 4 is 17.8 Å². The summed E-state index contributed by atoms with van der Waals surface area (Å²) in [5.74, 6) is -0.582. The fraction of sp³-hybridized carbons (Fsp3) is 0.471. The van der Waals surface area contributed by atoms with Crippen molar-refractivity contribution in [2.45, 2.75) is 20.8 Å². The van der Waals surface area contributed by atoms with Crippen molar-refractivity contribution in [3.63, 3.8) is 0 Å². The zero-order chi connectivity index (χ0) is 18.7. The lowest BCUT2D eigenvalue weighted by Gasteiger charge is -2.12. The van der Waals surface area contributed by atoms with E-state index in [0.29, 0.717) is 13.1 Å². The van der Waals surface area contributed by atoms with E-state index in [9.17, 15) is 14.4 Å². The maximum atomic E-state index is 11.9. The van der Waals surface area contributed by atoms with Gasteiger partial charge in [0.2, 0.25) is 0 Å². The zero-order valence-corrected chi connectivity index (χ0v) is 14.7. The third kappa shape index (κ3) is 7.56. The van der Waals surface area contributed by atoms with Crippen LogP contribution in [0.1, 0.15) is 31.1 Å². The van der Waals surface area contributed by atoms with E-state index in [1.807, 2.05) is 0 Å². The molecule has 2 N–H and O–H groups in total. The quantitative estimate of drug-likeness (QED) is 0.606. The number of likely N-dealkylation sites (N-methyl/N-ethyl adjacent to an activating group) is 2. The van der Waals surface area contributed by atoms with Crippen molar-refractivity contribution in [2.24, 2.45) is 0 Å². The van der Waals surface area contributed by atoms with Gasteiger partial charge >= 0.3 is 5.97 Å². The van der Waals surface area contributed by atoms with Gasteiger partial charge in [0.25, 0.3) is 11.8 Å². The van der Waals surface area contributed by atoms with Gasteiger partial charge in [0, 0.05) is 19.2 Å². The first-order chi connectivity index (χ1) is 12.0. The van der Waals surface area contributed by atoms with Crippen LogP contribution in [-0.4, -0.2) is 50.7 Å². The highest BCUT2D eigenvalue weighted by atomic mass is 16.5. The molecule has 0 atom stereocenters. The summed E-state index contributed by atoms with van der Waals surface area (Å²) in [6.07, 6.45) is 0. The van der Waals surface area contributed by atoms with Crippen LogP contribution in [0.15, 0.2) is 18.2 Å². The number of amides is 2. The maximum Gasteiger partial charge on any atom is 0.338 e. The number of nitrogens with one attached hydrogen (secondary N) is 2. The van der Waals surface area contributed by atoms with Crippen LogP contribution in [0.2, 0.25) is 0 Å². The molecule has 0 aliphatic rings. The molecule has 0 unspecified atom stereocenters. The highest BCUT2D eigenvalue weighted by Gasteiger charge is 2.13. The van der Waals surface area contributed by atoms with Crippen molar-refractivity contribution in [2.75, 3.05) is 32.9 Å². The van der Waals surface area contributed by atoms with Crippen LogP contribution in [0.4, 0.5) is 0 Å². The average Bonchev–Trinajstić information content (AvgIpc) is 2.59. The number of ether oxygens (including phenoxy) is 3. The van der Waals surface area contributed by atoms with E-state index in [-0.39, 0.29) is 48.7 Å². The predicted octanol–water partition coefficient (Wildman–Crippen LogP) is 0.893. The van der Waals surface area contributed by atoms with Crippen LogP contribution in [-0.2, 0) is 14.3 Å². The molecule has 1 aromatic carbocycles. The lowest BCUT2D eigenvalue weighted by molar-refractivity contribution is -0.123. The van der Waals surface area contributed by atoms with Crippen LogP contribution in [0.25, 0.3) is 0 Å². The van der Waals surface area contributed by atoms with Crippen molar-refractivity contribution in [3.05, 3.63) is 23.8 Å². The van der Waals surface area contributed by atoms with E-state index in [1.165, 1.54) is 18.2 Å². The number of carbonyl (C=O) groups is 3. The Morgan fingerprint density at radius 1 is 0.840 bits per heavy atom. The number of hydrogen-bond donors (Lipinski definition) is 2. The summed E-state index contributed by atoms with van der Waals surface area (Å²) < 4.78 is 15.7. The third-order valence-corrected chi connectivity index (χ3v) is 2.88. The summed E-state index contributed by atoms with van der Waals surface area (Å²) in [4.78, 5) is 34.9. The van der Waals surface area contributed by atoms with Crippen molar-refractivity contribution in [1.82, 2.24) is 10.6 Å². The van der Waals surface area contributed by atoms with Crippen LogP contribution in [0.3, 0.4) is 0 Å². The molecular formula is C17H24N2O6. The average molecular weight is 352 g/mol. The first-order valence-corrected chi connectivity index (χ1v) is 8.11. The van der Waals surface area contributed by atoms with Gasteiger partial charge < -0.3 is 24.8 Å². The molecule has 1 rings (SSSR count). The van der Waals surface area contributed by atoms with Crippen LogP contribution in [0.5, 0.6) is 11.5 Å². The predicted molar refractivity (Wildman–Crippen MR) is 90.8 cm³/mol. The normalized spacial score (nSPS) is 9.88. The van der Waals surface area contributed by atoms with E-state index in [0.717, 1.165) is 0 Å². The first-order valence-electron chi connectivity index (χ1n) is 8.11.